The van der Waals surface area contributed by atoms with Crippen molar-refractivity contribution in [3.63, 3.8) is 0 Å². The molecule has 3 rings (SSSR count). The number of methoxy groups -OCH3 is 1. The van der Waals surface area contributed by atoms with Gasteiger partial charge in [-0.3, -0.25) is 9.59 Å². The molecule has 0 atom stereocenters. The Morgan fingerprint density at radius 1 is 1.13 bits per heavy atom. The van der Waals surface area contributed by atoms with E-state index in [1.807, 2.05) is 0 Å². The van der Waals surface area contributed by atoms with Crippen LogP contribution in [0.2, 0.25) is 5.02 Å². The van der Waals surface area contributed by atoms with E-state index in [0.717, 1.165) is 16.7 Å². The summed E-state index contributed by atoms with van der Waals surface area (Å²) in [6.07, 6.45) is 1.60. The topological polar surface area (TPSA) is 82.1 Å². The lowest BCUT2D eigenvalue weighted by Crippen LogP contribution is -2.27. The maximum atomic E-state index is 12.7. The van der Waals surface area contributed by atoms with Gasteiger partial charge in [-0.15, -0.1) is 0 Å². The fraction of sp³-hybridized carbons (Fsp3) is 0.190. The Morgan fingerprint density at radius 3 is 2.53 bits per heavy atom. The Hall–Kier alpha value is -2.97. The lowest BCUT2D eigenvalue weighted by molar-refractivity contribution is -0.145. The van der Waals surface area contributed by atoms with Crippen LogP contribution in [-0.2, 0) is 14.3 Å². The summed E-state index contributed by atoms with van der Waals surface area (Å²) in [6, 6.07) is 11.4. The van der Waals surface area contributed by atoms with Crippen LogP contribution in [0.5, 0.6) is 11.5 Å². The second kappa shape index (κ2) is 9.69. The van der Waals surface area contributed by atoms with Crippen LogP contribution in [-0.4, -0.2) is 37.4 Å². The number of rotatable bonds is 7. The second-order valence-corrected chi connectivity index (χ2v) is 7.43. The molecule has 2 aromatic rings. The number of thioether (sulfide) groups is 1. The standard InChI is InChI=1S/C21H18ClNO6S/c1-3-28-19(24)12-29-16-9-4-13(10-17(16)27-2)11-18-20(25)23(21(26)30-18)15-7-5-14(22)6-8-15/h4-11H,3,12H2,1-2H3/b18-11-. The van der Waals surface area contributed by atoms with E-state index in [4.69, 9.17) is 25.8 Å². The number of anilines is 1. The molecule has 7 nitrogen and oxygen atoms in total. The molecule has 9 heteroatoms. The van der Waals surface area contributed by atoms with Crippen LogP contribution in [0.4, 0.5) is 10.5 Å². The molecule has 0 bridgehead atoms. The summed E-state index contributed by atoms with van der Waals surface area (Å²) in [6.45, 7) is 1.73. The maximum absolute atomic E-state index is 12.7. The van der Waals surface area contributed by atoms with Gasteiger partial charge in [0.15, 0.2) is 18.1 Å². The van der Waals surface area contributed by atoms with Crippen LogP contribution in [0.3, 0.4) is 0 Å². The van der Waals surface area contributed by atoms with Crippen molar-refractivity contribution in [3.8, 4) is 11.5 Å². The average Bonchev–Trinajstić information content (AvgIpc) is 3.01. The number of hydrogen-bond acceptors (Lipinski definition) is 7. The lowest BCUT2D eigenvalue weighted by atomic mass is 10.2. The maximum Gasteiger partial charge on any atom is 0.344 e. The minimum absolute atomic E-state index is 0.247. The number of hydrogen-bond donors (Lipinski definition) is 0. The van der Waals surface area contributed by atoms with Crippen molar-refractivity contribution in [1.29, 1.82) is 0 Å². The van der Waals surface area contributed by atoms with Gasteiger partial charge in [0, 0.05) is 5.02 Å². The molecule has 0 radical (unpaired) electrons. The molecule has 0 aliphatic carbocycles. The zero-order valence-electron chi connectivity index (χ0n) is 16.2. The molecule has 0 saturated carbocycles. The van der Waals surface area contributed by atoms with Crippen molar-refractivity contribution in [2.24, 2.45) is 0 Å². The number of esters is 1. The van der Waals surface area contributed by atoms with E-state index in [0.29, 0.717) is 27.8 Å². The number of carbonyl (C=O) groups is 3. The molecular weight excluding hydrogens is 430 g/mol. The van der Waals surface area contributed by atoms with E-state index in [1.54, 1.807) is 55.5 Å². The summed E-state index contributed by atoms with van der Waals surface area (Å²) in [5.41, 5.74) is 1.09. The molecule has 1 fully saturated rings. The molecule has 1 aliphatic rings. The monoisotopic (exact) mass is 447 g/mol. The summed E-state index contributed by atoms with van der Waals surface area (Å²) in [5.74, 6) is -0.171. The van der Waals surface area contributed by atoms with Crippen LogP contribution >= 0.6 is 23.4 Å². The summed E-state index contributed by atoms with van der Waals surface area (Å²) >= 11 is 6.72. The first-order chi connectivity index (χ1) is 14.4. The van der Waals surface area contributed by atoms with Gasteiger partial charge < -0.3 is 14.2 Å². The van der Waals surface area contributed by atoms with Gasteiger partial charge in [-0.05, 0) is 66.7 Å². The molecule has 1 heterocycles. The predicted molar refractivity (Wildman–Crippen MR) is 115 cm³/mol. The Kier molecular flexibility index (Phi) is 7.02. The highest BCUT2D eigenvalue weighted by Crippen LogP contribution is 2.37. The Balaban J connectivity index is 1.79. The van der Waals surface area contributed by atoms with Gasteiger partial charge in [-0.25, -0.2) is 9.69 Å². The van der Waals surface area contributed by atoms with Crippen molar-refractivity contribution in [2.45, 2.75) is 6.92 Å². The van der Waals surface area contributed by atoms with Gasteiger partial charge in [0.05, 0.1) is 24.3 Å². The number of imide groups is 1. The molecule has 1 aliphatic heterocycles. The highest BCUT2D eigenvalue weighted by Gasteiger charge is 2.36. The number of nitrogens with zero attached hydrogens (tertiary/aromatic N) is 1. The summed E-state index contributed by atoms with van der Waals surface area (Å²) in [4.78, 5) is 37.9. The van der Waals surface area contributed by atoms with Crippen molar-refractivity contribution in [1.82, 2.24) is 0 Å². The van der Waals surface area contributed by atoms with Gasteiger partial charge in [0.25, 0.3) is 11.1 Å². The Bertz CT molecular complexity index is 1010. The van der Waals surface area contributed by atoms with Crippen LogP contribution in [0.15, 0.2) is 47.4 Å². The number of ether oxygens (including phenoxy) is 3. The minimum Gasteiger partial charge on any atom is -0.493 e. The van der Waals surface area contributed by atoms with Gasteiger partial charge in [-0.2, -0.15) is 0 Å². The molecule has 0 aromatic heterocycles. The normalized spacial score (nSPS) is 14.9. The fourth-order valence-electron chi connectivity index (χ4n) is 2.66. The molecule has 1 saturated heterocycles. The second-order valence-electron chi connectivity index (χ2n) is 6.00. The van der Waals surface area contributed by atoms with Gasteiger partial charge in [0.1, 0.15) is 0 Å². The minimum atomic E-state index is -0.487. The smallest absolute Gasteiger partial charge is 0.344 e. The summed E-state index contributed by atoms with van der Waals surface area (Å²) in [5, 5.41) is 0.119. The van der Waals surface area contributed by atoms with Crippen LogP contribution in [0.1, 0.15) is 12.5 Å². The largest absolute Gasteiger partial charge is 0.493 e. The molecule has 156 valence electrons. The zero-order chi connectivity index (χ0) is 21.7. The number of halogens is 1. The van der Waals surface area contributed by atoms with E-state index in [1.165, 1.54) is 7.11 Å². The SMILES string of the molecule is CCOC(=O)COc1ccc(/C=C2\SC(=O)N(c3ccc(Cl)cc3)C2=O)cc1OC. The van der Waals surface area contributed by atoms with Crippen molar-refractivity contribution < 1.29 is 28.6 Å². The molecule has 0 N–H and O–H groups in total. The van der Waals surface area contributed by atoms with E-state index >= 15 is 0 Å². The highest BCUT2D eigenvalue weighted by molar-refractivity contribution is 8.19. The van der Waals surface area contributed by atoms with Crippen LogP contribution in [0, 0.1) is 0 Å². The predicted octanol–water partition coefficient (Wildman–Crippen LogP) is 4.53. The van der Waals surface area contributed by atoms with Crippen LogP contribution in [0.25, 0.3) is 6.08 Å². The van der Waals surface area contributed by atoms with Gasteiger partial charge in [-0.1, -0.05) is 17.7 Å². The first-order valence-electron chi connectivity index (χ1n) is 8.93. The van der Waals surface area contributed by atoms with Crippen molar-refractivity contribution in [2.75, 3.05) is 25.2 Å². The molecule has 0 unspecified atom stereocenters. The van der Waals surface area contributed by atoms with Gasteiger partial charge >= 0.3 is 5.97 Å². The number of benzene rings is 2. The van der Waals surface area contributed by atoms with Gasteiger partial charge in [0.2, 0.25) is 0 Å². The number of carbonyl (C=O) groups excluding carboxylic acids is 3. The van der Waals surface area contributed by atoms with Crippen molar-refractivity contribution >= 4 is 52.2 Å². The lowest BCUT2D eigenvalue weighted by Gasteiger charge is -2.12. The molecule has 2 aromatic carbocycles. The third-order valence-corrected chi connectivity index (χ3v) is 5.14. The van der Waals surface area contributed by atoms with E-state index in [-0.39, 0.29) is 18.1 Å². The summed E-state index contributed by atoms with van der Waals surface area (Å²) in [7, 11) is 1.46. The quantitative estimate of drug-likeness (QED) is 0.455. The zero-order valence-corrected chi connectivity index (χ0v) is 17.8. The molecular formula is C21H18ClNO6S. The molecule has 0 spiro atoms. The van der Waals surface area contributed by atoms with Crippen molar-refractivity contribution in [3.05, 3.63) is 58.0 Å². The third-order valence-electron chi connectivity index (χ3n) is 4.01. The molecule has 30 heavy (non-hydrogen) atoms. The number of amides is 2. The average molecular weight is 448 g/mol. The first kappa shape index (κ1) is 21.7. The van der Waals surface area contributed by atoms with Crippen LogP contribution < -0.4 is 14.4 Å². The fourth-order valence-corrected chi connectivity index (χ4v) is 3.63. The third kappa shape index (κ3) is 4.95. The summed E-state index contributed by atoms with van der Waals surface area (Å²) < 4.78 is 15.6. The first-order valence-corrected chi connectivity index (χ1v) is 10.1. The van der Waals surface area contributed by atoms with E-state index < -0.39 is 17.1 Å². The van der Waals surface area contributed by atoms with E-state index in [2.05, 4.69) is 0 Å². The Labute approximate surface area is 182 Å². The highest BCUT2D eigenvalue weighted by atomic mass is 35.5. The van der Waals surface area contributed by atoms with E-state index in [9.17, 15) is 14.4 Å². The molecule has 2 amide bonds. The Morgan fingerprint density at radius 2 is 1.87 bits per heavy atom.